The fourth-order valence-electron chi connectivity index (χ4n) is 21.9. The maximum atomic E-state index is 16.0. The highest BCUT2D eigenvalue weighted by Crippen LogP contribution is 2.56. The first kappa shape index (κ1) is 99.6. The molecular weight excluding hydrogens is 1850 g/mol. The molecule has 726 valence electrons. The molecule has 0 aliphatic carbocycles. The van der Waals surface area contributed by atoms with Crippen LogP contribution in [0.25, 0.3) is 135 Å². The number of thiophene rings is 8. The van der Waals surface area contributed by atoms with Crippen molar-refractivity contribution in [2.75, 3.05) is 26.2 Å². The number of nitrogens with zero attached hydrogens (tertiary/aromatic N) is 6. The van der Waals surface area contributed by atoms with Crippen LogP contribution in [0.1, 0.15) is 344 Å². The summed E-state index contributed by atoms with van der Waals surface area (Å²) in [4.78, 5) is 87.5. The van der Waals surface area contributed by atoms with Crippen LogP contribution in [0, 0.1) is 0 Å². The summed E-state index contributed by atoms with van der Waals surface area (Å²) in [5.74, 6) is -0.208. The van der Waals surface area contributed by atoms with Gasteiger partial charge in [-0.15, -0.1) is 90.7 Å². The summed E-state index contributed by atoms with van der Waals surface area (Å²) in [6.07, 6.45) is 52.6. The van der Waals surface area contributed by atoms with E-state index in [0.717, 1.165) is 173 Å². The van der Waals surface area contributed by atoms with E-state index in [2.05, 4.69) is 208 Å². The molecule has 4 aromatic carbocycles. The fraction of sp³-hybridized carbons (Fsp3) is 0.467. The Hall–Kier alpha value is -8.56. The van der Waals surface area contributed by atoms with Crippen molar-refractivity contribution < 1.29 is 19.2 Å². The highest BCUT2D eigenvalue weighted by molar-refractivity contribution is 7.29. The molecule has 0 unspecified atom stereocenters. The van der Waals surface area contributed by atoms with Gasteiger partial charge in [-0.2, -0.15) is 0 Å². The van der Waals surface area contributed by atoms with Crippen LogP contribution < -0.4 is 0 Å². The number of fused-ring (bicyclic) bond motifs is 12. The van der Waals surface area contributed by atoms with Gasteiger partial charge >= 0.3 is 0 Å². The fourth-order valence-corrected chi connectivity index (χ4v) is 31.0. The van der Waals surface area contributed by atoms with Crippen molar-refractivity contribution in [3.05, 3.63) is 200 Å². The van der Waals surface area contributed by atoms with E-state index in [4.69, 9.17) is 0 Å². The molecular formula is C120H144N6O4S8. The lowest BCUT2D eigenvalue weighted by atomic mass is 10.1. The first-order valence-corrected chi connectivity index (χ1v) is 60.3. The number of hydrogen-bond donors (Lipinski definition) is 0. The maximum Gasteiger partial charge on any atom is 0.261 e. The molecule has 0 radical (unpaired) electrons. The first-order chi connectivity index (χ1) is 68.0. The molecule has 0 saturated heterocycles. The molecule has 0 fully saturated rings. The smallest absolute Gasteiger partial charge is 0.261 e. The molecule has 4 amide bonds. The zero-order chi connectivity index (χ0) is 94.8. The quantitative estimate of drug-likeness (QED) is 0.0355. The number of carbonyl (C=O) groups excluding carboxylic acids is 4. The van der Waals surface area contributed by atoms with E-state index in [1.54, 1.807) is 68.0 Å². The molecule has 0 bridgehead atoms. The van der Waals surface area contributed by atoms with Gasteiger partial charge in [0.25, 0.3) is 23.6 Å². The molecule has 4 aliphatic heterocycles. The van der Waals surface area contributed by atoms with Gasteiger partial charge in [-0.25, -0.2) is 0 Å². The van der Waals surface area contributed by atoms with E-state index in [0.29, 0.717) is 48.5 Å². The molecule has 14 heterocycles. The summed E-state index contributed by atoms with van der Waals surface area (Å²) >= 11 is 14.3. The van der Waals surface area contributed by atoms with Crippen LogP contribution in [0.3, 0.4) is 0 Å². The molecule has 18 heteroatoms. The zero-order valence-electron chi connectivity index (χ0n) is 82.9. The molecule has 10 nitrogen and oxygen atoms in total. The molecule has 0 saturated carbocycles. The minimum Gasteiger partial charge on any atom is -0.332 e. The van der Waals surface area contributed by atoms with Crippen LogP contribution in [0.15, 0.2) is 180 Å². The Kier molecular flexibility index (Phi) is 35.0. The van der Waals surface area contributed by atoms with Crippen LogP contribution in [-0.2, 0) is 32.3 Å². The summed E-state index contributed by atoms with van der Waals surface area (Å²) in [6, 6.07) is 58.8. The highest BCUT2D eigenvalue weighted by Gasteiger charge is 2.51. The summed E-state index contributed by atoms with van der Waals surface area (Å²) in [5, 5.41) is 7.93. The predicted octanol–water partition coefficient (Wildman–Crippen LogP) is 37.9. The Labute approximate surface area is 853 Å². The van der Waals surface area contributed by atoms with Crippen molar-refractivity contribution in [3.8, 4) is 50.1 Å². The SMILES string of the molecule is CCCCCCCCCCCCn1c2ccc(-c3ccc(C4=C5C(=O)N(CCCCCCCC)C(c6ccc(-c7ccc(-c8ccc(-c9ccc(C%10=C%11C(=O)N(CCCCCCCC)C(c%12ccc(-c%13ccc%14c(c%13)c%13c%15ccccc%15sc%13n%14CCCCCCCCCCCC)s%12)=C%11C(=O)N%10CCCCCCCC)s9)s8)s7)s6)=C5C(=O)N4CCCCCCCC)s3)cc2c2c3ccccc3sc21. The van der Waals surface area contributed by atoms with Crippen molar-refractivity contribution in [3.63, 3.8) is 0 Å². The second kappa shape index (κ2) is 48.5. The standard InChI is InChI=1S/C120H144N6O4S8/c1-7-13-19-25-31-33-35-37-43-49-75-121-89-61-59-83(81-87(89)105-85-55-45-47-57-93(85)137-119(105)121)91-63-71-101(131-91)111-107-109(117(129)123(111)77-51-39-27-21-15-9-3)113(125(115(107)127)79-53-41-29-23-17-11-5)103-73-69-99(135-103)97-67-65-95(133-97)96-66-68-98(134-96)100-70-74-104(136-100)114-110-108(116(128)126(114)80-54-42-30-24-18-12-6)112(124(118(110)130)78-52-40-28-22-16-10-4)102-72-64-92(132-102)84-60-62-90-88(82-84)106-86-56-46-48-58-94(86)138-120(106)122(90)76-50-44-38-36-34-32-26-20-14-8-2/h45-48,55-74,81-82H,7-44,49-54,75-80H2,1-6H3. The van der Waals surface area contributed by atoms with Crippen LogP contribution in [0.2, 0.25) is 0 Å². The Morgan fingerprint density at radius 1 is 0.203 bits per heavy atom. The summed E-state index contributed by atoms with van der Waals surface area (Å²) < 4.78 is 7.88. The maximum absolute atomic E-state index is 16.0. The number of hydrogen-bond acceptors (Lipinski definition) is 12. The van der Waals surface area contributed by atoms with Crippen LogP contribution in [0.4, 0.5) is 0 Å². The lowest BCUT2D eigenvalue weighted by Crippen LogP contribution is -2.30. The van der Waals surface area contributed by atoms with E-state index >= 15 is 19.2 Å². The van der Waals surface area contributed by atoms with Crippen molar-refractivity contribution >= 4 is 200 Å². The van der Waals surface area contributed by atoms with Crippen molar-refractivity contribution in [1.82, 2.24) is 28.7 Å². The molecule has 0 N–H and O–H groups in total. The normalized spacial score (nSPS) is 14.3. The van der Waals surface area contributed by atoms with E-state index in [9.17, 15) is 0 Å². The number of carbonyl (C=O) groups is 4. The van der Waals surface area contributed by atoms with E-state index < -0.39 is 0 Å². The molecule has 4 aliphatic rings. The topological polar surface area (TPSA) is 91.1 Å². The van der Waals surface area contributed by atoms with E-state index in [1.807, 2.05) is 42.3 Å². The average molecular weight is 1990 g/mol. The largest absolute Gasteiger partial charge is 0.332 e. The minimum absolute atomic E-state index is 0.0519. The van der Waals surface area contributed by atoms with Gasteiger partial charge in [0.2, 0.25) is 0 Å². The van der Waals surface area contributed by atoms with Crippen molar-refractivity contribution in [2.45, 2.75) is 337 Å². The molecule has 10 aromatic heterocycles. The van der Waals surface area contributed by atoms with Gasteiger partial charge in [0.1, 0.15) is 9.66 Å². The second-order valence-corrected chi connectivity index (χ2v) is 48.0. The predicted molar refractivity (Wildman–Crippen MR) is 602 cm³/mol. The number of benzene rings is 4. The molecule has 18 rings (SSSR count). The molecule has 0 spiro atoms. The highest BCUT2D eigenvalue weighted by atomic mass is 32.1. The Morgan fingerprint density at radius 2 is 0.420 bits per heavy atom. The summed E-state index contributed by atoms with van der Waals surface area (Å²) in [6.45, 7) is 17.9. The lowest BCUT2D eigenvalue weighted by molar-refractivity contribution is -0.124. The third-order valence-electron chi connectivity index (χ3n) is 29.4. The van der Waals surface area contributed by atoms with Crippen LogP contribution >= 0.6 is 90.7 Å². The monoisotopic (exact) mass is 1990 g/mol. The molecule has 138 heavy (non-hydrogen) atoms. The number of rotatable bonds is 59. The van der Waals surface area contributed by atoms with E-state index in [1.165, 1.54) is 278 Å². The minimum atomic E-state index is -0.0519. The summed E-state index contributed by atoms with van der Waals surface area (Å²) in [5.41, 5.74) is 10.3. The second-order valence-electron chi connectivity index (χ2n) is 39.5. The van der Waals surface area contributed by atoms with Gasteiger partial charge in [-0.3, -0.25) is 19.2 Å². The van der Waals surface area contributed by atoms with E-state index in [-0.39, 0.29) is 23.6 Å². The van der Waals surface area contributed by atoms with Crippen molar-refractivity contribution in [1.29, 1.82) is 0 Å². The Bertz CT molecular complexity index is 6300. The zero-order valence-corrected chi connectivity index (χ0v) is 89.5. The molecule has 0 atom stereocenters. The van der Waals surface area contributed by atoms with Gasteiger partial charge < -0.3 is 28.7 Å². The summed E-state index contributed by atoms with van der Waals surface area (Å²) in [7, 11) is 0. The van der Waals surface area contributed by atoms with Crippen LogP contribution in [-0.4, -0.2) is 78.5 Å². The lowest BCUT2D eigenvalue weighted by Gasteiger charge is -2.24. The number of aryl methyl sites for hydroxylation is 2. The van der Waals surface area contributed by atoms with Gasteiger partial charge in [-0.1, -0.05) is 334 Å². The third-order valence-corrected chi connectivity index (χ3v) is 39.0. The van der Waals surface area contributed by atoms with Gasteiger partial charge in [0, 0.05) is 131 Å². The Morgan fingerprint density at radius 3 is 0.688 bits per heavy atom. The number of amides is 4. The Balaban J connectivity index is 0.633. The average Bonchev–Trinajstić information content (AvgIpc) is 1.55. The van der Waals surface area contributed by atoms with Gasteiger partial charge in [0.15, 0.2) is 0 Å². The third kappa shape index (κ3) is 21.8. The molecule has 14 aromatic rings. The first-order valence-electron chi connectivity index (χ1n) is 53.8. The van der Waals surface area contributed by atoms with Crippen LogP contribution in [0.5, 0.6) is 0 Å². The van der Waals surface area contributed by atoms with Gasteiger partial charge in [-0.05, 0) is 159 Å². The number of aromatic nitrogens is 2. The van der Waals surface area contributed by atoms with Crippen molar-refractivity contribution in [2.24, 2.45) is 0 Å². The number of unbranched alkanes of at least 4 members (excludes halogenated alkanes) is 38. The van der Waals surface area contributed by atoms with Gasteiger partial charge in [0.05, 0.1) is 64.6 Å².